The minimum Gasteiger partial charge on any atom is -0.465 e. The van der Waals surface area contributed by atoms with Crippen LogP contribution in [0, 0.1) is 5.41 Å². The molecular weight excluding hydrogens is 712 g/mol. The Morgan fingerprint density at radius 3 is 2.38 bits per heavy atom. The van der Waals surface area contributed by atoms with Gasteiger partial charge in [0.05, 0.1) is 7.11 Å². The van der Waals surface area contributed by atoms with Crippen LogP contribution in [0.1, 0.15) is 53.6 Å². The number of hydrogen-bond donors (Lipinski definition) is 1. The third kappa shape index (κ3) is 8.38. The molecule has 0 radical (unpaired) electrons. The molecule has 1 aliphatic carbocycles. The number of nitrogens with zero attached hydrogens (tertiary/aromatic N) is 3. The number of hydrogen-bond acceptors (Lipinski definition) is 7. The van der Waals surface area contributed by atoms with Crippen molar-refractivity contribution in [1.82, 2.24) is 14.8 Å². The number of rotatable bonds is 9. The molecule has 0 bridgehead atoms. The number of carbonyl (C=O) groups is 2. The molecule has 1 aromatic heterocycles. The number of ether oxygens (including phenoxy) is 3. The van der Waals surface area contributed by atoms with Crippen LogP contribution in [0.2, 0.25) is 5.02 Å². The molecule has 1 N–H and O–H groups in total. The molecule has 1 amide bonds. The number of aromatic amines is 1. The van der Waals surface area contributed by atoms with Gasteiger partial charge in [-0.2, -0.15) is 0 Å². The molecule has 284 valence electrons. The lowest BCUT2D eigenvalue weighted by Crippen LogP contribution is -2.48. The number of aromatic nitrogens is 1. The van der Waals surface area contributed by atoms with Crippen molar-refractivity contribution in [2.45, 2.75) is 38.7 Å². The van der Waals surface area contributed by atoms with E-state index in [1.807, 2.05) is 90.0 Å². The largest absolute Gasteiger partial charge is 0.465 e. The molecule has 5 aromatic rings. The van der Waals surface area contributed by atoms with Crippen LogP contribution in [0.4, 0.5) is 10.5 Å². The Hall–Kier alpha value is -5.25. The molecule has 4 aromatic carbocycles. The van der Waals surface area contributed by atoms with E-state index >= 15 is 0 Å². The van der Waals surface area contributed by atoms with E-state index < -0.39 is 5.97 Å². The fourth-order valence-electron chi connectivity index (χ4n) is 8.49. The van der Waals surface area contributed by atoms with E-state index in [-0.39, 0.29) is 11.5 Å². The molecule has 2 aliphatic heterocycles. The van der Waals surface area contributed by atoms with Gasteiger partial charge in [0.15, 0.2) is 0 Å². The zero-order chi connectivity index (χ0) is 37.8. The summed E-state index contributed by atoms with van der Waals surface area (Å²) in [4.78, 5) is 35.8. The molecule has 2 fully saturated rings. The van der Waals surface area contributed by atoms with Crippen molar-refractivity contribution in [2.24, 2.45) is 5.41 Å². The van der Waals surface area contributed by atoms with Gasteiger partial charge in [0, 0.05) is 79.7 Å². The van der Waals surface area contributed by atoms with Crippen molar-refractivity contribution in [3.8, 4) is 11.5 Å². The molecule has 10 heteroatoms. The van der Waals surface area contributed by atoms with Gasteiger partial charge in [-0.3, -0.25) is 4.90 Å². The first-order chi connectivity index (χ1) is 26.8. The quantitative estimate of drug-likeness (QED) is 0.150. The first-order valence-electron chi connectivity index (χ1n) is 19.2. The number of halogens is 1. The number of piperidine rings is 1. The van der Waals surface area contributed by atoms with Gasteiger partial charge in [0.25, 0.3) is 0 Å². The summed E-state index contributed by atoms with van der Waals surface area (Å²) >= 11 is 6.31. The highest BCUT2D eigenvalue weighted by molar-refractivity contribution is 6.30. The fourth-order valence-corrected chi connectivity index (χ4v) is 8.62. The van der Waals surface area contributed by atoms with E-state index in [2.05, 4.69) is 26.9 Å². The minimum atomic E-state index is -0.433. The smallest absolute Gasteiger partial charge is 0.410 e. The van der Waals surface area contributed by atoms with Crippen molar-refractivity contribution in [1.29, 1.82) is 0 Å². The van der Waals surface area contributed by atoms with Crippen LogP contribution in [0.3, 0.4) is 0 Å². The normalized spacial score (nSPS) is 17.4. The summed E-state index contributed by atoms with van der Waals surface area (Å²) in [6, 6.07) is 31.7. The number of esters is 1. The molecule has 0 atom stereocenters. The highest BCUT2D eigenvalue weighted by Gasteiger charge is 2.40. The first-order valence-corrected chi connectivity index (χ1v) is 19.6. The van der Waals surface area contributed by atoms with E-state index in [0.717, 1.165) is 105 Å². The topological polar surface area (TPSA) is 87.3 Å². The zero-order valence-corrected chi connectivity index (χ0v) is 32.0. The van der Waals surface area contributed by atoms with Crippen LogP contribution in [0.25, 0.3) is 16.5 Å². The van der Waals surface area contributed by atoms with E-state index in [1.54, 1.807) is 6.07 Å². The molecule has 9 nitrogen and oxygen atoms in total. The Morgan fingerprint density at radius 1 is 0.836 bits per heavy atom. The number of piperazine rings is 1. The maximum absolute atomic E-state index is 13.0. The number of methoxy groups -OCH3 is 1. The summed E-state index contributed by atoms with van der Waals surface area (Å²) < 4.78 is 17.1. The number of fused-ring (bicyclic) bond motifs is 1. The van der Waals surface area contributed by atoms with Crippen molar-refractivity contribution in [2.75, 3.05) is 57.8 Å². The maximum atomic E-state index is 13.0. The molecule has 0 saturated carbocycles. The monoisotopic (exact) mass is 758 g/mol. The lowest BCUT2D eigenvalue weighted by molar-refractivity contribution is 0.0560. The van der Waals surface area contributed by atoms with Crippen molar-refractivity contribution in [3.05, 3.63) is 131 Å². The molecule has 3 heterocycles. The van der Waals surface area contributed by atoms with Crippen LogP contribution in [0.15, 0.2) is 109 Å². The minimum absolute atomic E-state index is 0.173. The Kier molecular flexibility index (Phi) is 10.8. The molecule has 3 aliphatic rings. The van der Waals surface area contributed by atoms with Crippen LogP contribution in [0.5, 0.6) is 11.5 Å². The maximum Gasteiger partial charge on any atom is 0.410 e. The van der Waals surface area contributed by atoms with Crippen molar-refractivity contribution >= 4 is 45.8 Å². The Labute approximate surface area is 327 Å². The van der Waals surface area contributed by atoms with Gasteiger partial charge in [-0.25, -0.2) is 9.59 Å². The summed E-state index contributed by atoms with van der Waals surface area (Å²) in [5, 5.41) is 1.78. The SMILES string of the molecule is COC(=O)c1ccc(N2CCN(CC3=C(c4ccc(Cl)cc4)CCC4(CCN(C(=O)OCc5ccccc5)CC4)C3)CC2)cc1Oc1ccc2[nH]ccc2c1. The number of allylic oxidation sites excluding steroid dienone is 1. The number of carbonyl (C=O) groups excluding carboxylic acids is 2. The van der Waals surface area contributed by atoms with Gasteiger partial charge in [0.2, 0.25) is 0 Å². The Bertz CT molecular complexity index is 2170. The van der Waals surface area contributed by atoms with E-state index in [0.29, 0.717) is 23.7 Å². The standard InChI is InChI=1S/C45H47ClN4O5/c1-53-43(51)40-13-11-37(28-42(40)55-38-12-14-41-34(27-38)16-20-47-41)49-25-23-48(24-26-49)30-35-29-45(17-15-39(35)33-7-9-36(46)10-8-33)18-21-50(22-19-45)44(52)54-31-32-5-3-2-4-6-32/h2-14,16,20,27-28,47H,15,17-19,21-26,29-31H2,1H3. The van der Waals surface area contributed by atoms with Crippen LogP contribution >= 0.6 is 11.6 Å². The zero-order valence-electron chi connectivity index (χ0n) is 31.3. The van der Waals surface area contributed by atoms with Gasteiger partial charge in [-0.05, 0) is 103 Å². The van der Waals surface area contributed by atoms with Crippen LogP contribution < -0.4 is 9.64 Å². The van der Waals surface area contributed by atoms with E-state index in [4.69, 9.17) is 25.8 Å². The van der Waals surface area contributed by atoms with Gasteiger partial charge < -0.3 is 29.0 Å². The summed E-state index contributed by atoms with van der Waals surface area (Å²) in [7, 11) is 1.39. The Morgan fingerprint density at radius 2 is 1.62 bits per heavy atom. The van der Waals surface area contributed by atoms with Gasteiger partial charge in [-0.1, -0.05) is 59.6 Å². The highest BCUT2D eigenvalue weighted by Crippen LogP contribution is 2.49. The lowest BCUT2D eigenvalue weighted by Gasteiger charge is -2.46. The summed E-state index contributed by atoms with van der Waals surface area (Å²) in [5.74, 6) is 0.697. The number of H-pyrrole nitrogens is 1. The molecule has 55 heavy (non-hydrogen) atoms. The summed E-state index contributed by atoms with van der Waals surface area (Å²) in [5.41, 5.74) is 7.79. The van der Waals surface area contributed by atoms with Crippen molar-refractivity contribution in [3.63, 3.8) is 0 Å². The predicted molar refractivity (Wildman–Crippen MR) is 217 cm³/mol. The lowest BCUT2D eigenvalue weighted by atomic mass is 9.65. The summed E-state index contributed by atoms with van der Waals surface area (Å²) in [6.07, 6.45) is 6.78. The number of benzene rings is 4. The number of anilines is 1. The second kappa shape index (κ2) is 16.2. The molecule has 0 unspecified atom stereocenters. The molecule has 1 spiro atoms. The average Bonchev–Trinajstić information content (AvgIpc) is 3.69. The third-order valence-corrected chi connectivity index (χ3v) is 11.9. The molecule has 8 rings (SSSR count). The van der Waals surface area contributed by atoms with Gasteiger partial charge in [-0.15, -0.1) is 0 Å². The van der Waals surface area contributed by atoms with Gasteiger partial charge in [0.1, 0.15) is 23.7 Å². The fraction of sp³-hybridized carbons (Fsp3) is 0.333. The second-order valence-corrected chi connectivity index (χ2v) is 15.5. The van der Waals surface area contributed by atoms with E-state index in [9.17, 15) is 9.59 Å². The first kappa shape index (κ1) is 36.7. The highest BCUT2D eigenvalue weighted by atomic mass is 35.5. The number of likely N-dealkylation sites (tertiary alicyclic amines) is 1. The van der Waals surface area contributed by atoms with E-state index in [1.165, 1.54) is 23.8 Å². The predicted octanol–water partition coefficient (Wildman–Crippen LogP) is 9.58. The van der Waals surface area contributed by atoms with Gasteiger partial charge >= 0.3 is 12.1 Å². The third-order valence-electron chi connectivity index (χ3n) is 11.7. The summed E-state index contributed by atoms with van der Waals surface area (Å²) in [6.45, 7) is 6.16. The molecule has 2 saturated heterocycles. The molecular formula is C45H47ClN4O5. The van der Waals surface area contributed by atoms with Crippen LogP contribution in [-0.4, -0.2) is 79.8 Å². The number of amides is 1. The average molecular weight is 759 g/mol. The second-order valence-electron chi connectivity index (χ2n) is 15.1. The van der Waals surface area contributed by atoms with Crippen LogP contribution in [-0.2, 0) is 16.1 Å². The van der Waals surface area contributed by atoms with Crippen molar-refractivity contribution < 1.29 is 23.8 Å². The Balaban J connectivity index is 0.939. The number of nitrogens with one attached hydrogen (secondary N) is 1.